The van der Waals surface area contributed by atoms with Gasteiger partial charge in [0, 0.05) is 7.11 Å². The van der Waals surface area contributed by atoms with Crippen molar-refractivity contribution < 1.29 is 41.4 Å². The third-order valence-electron chi connectivity index (χ3n) is 5.38. The topological polar surface area (TPSA) is 85.6 Å². The highest BCUT2D eigenvalue weighted by molar-refractivity contribution is 5.93. The number of nitrogens with zero attached hydrogens (tertiary/aromatic N) is 1. The Morgan fingerprint density at radius 1 is 1.03 bits per heavy atom. The van der Waals surface area contributed by atoms with Crippen LogP contribution in [0.2, 0.25) is 0 Å². The first-order chi connectivity index (χ1) is 15.0. The van der Waals surface area contributed by atoms with Gasteiger partial charge >= 0.3 is 11.9 Å². The Kier molecular flexibility index (Phi) is 8.02. The molecule has 0 bridgehead atoms. The SMILES string of the molecule is CCCOC(=O)/C(C#N)=C/C1C(C(=O)OCc2c(F)c(F)c(COC)c(F)c2F)C1(C)C. The van der Waals surface area contributed by atoms with Crippen LogP contribution in [0.4, 0.5) is 17.6 Å². The standard InChI is InChI=1S/C22H23F4NO5/c1-5-6-31-20(28)11(8-27)7-14-15(22(14,2)3)21(29)32-10-13-18(25)16(23)12(9-30-4)17(24)19(13)26/h7,14-15H,5-6,9-10H2,1-4H3/b11-7+. The zero-order chi connectivity index (χ0) is 24.2. The van der Waals surface area contributed by atoms with E-state index in [-0.39, 0.29) is 12.2 Å². The van der Waals surface area contributed by atoms with Crippen molar-refractivity contribution in [1.82, 2.24) is 0 Å². The summed E-state index contributed by atoms with van der Waals surface area (Å²) in [5.74, 6) is -9.75. The molecular weight excluding hydrogens is 434 g/mol. The van der Waals surface area contributed by atoms with Gasteiger partial charge in [0.05, 0.1) is 30.3 Å². The highest BCUT2D eigenvalue weighted by Gasteiger charge is 2.62. The summed E-state index contributed by atoms with van der Waals surface area (Å²) in [6, 6.07) is 1.72. The first-order valence-electron chi connectivity index (χ1n) is 9.81. The quantitative estimate of drug-likeness (QED) is 0.182. The van der Waals surface area contributed by atoms with E-state index >= 15 is 0 Å². The zero-order valence-corrected chi connectivity index (χ0v) is 18.1. The fourth-order valence-electron chi connectivity index (χ4n) is 3.40. The molecule has 0 saturated heterocycles. The van der Waals surface area contributed by atoms with Crippen LogP contribution in [0.1, 0.15) is 38.3 Å². The van der Waals surface area contributed by atoms with Crippen molar-refractivity contribution in [2.45, 2.75) is 40.4 Å². The van der Waals surface area contributed by atoms with Crippen molar-refractivity contribution in [2.24, 2.45) is 17.3 Å². The van der Waals surface area contributed by atoms with Crippen LogP contribution in [0.25, 0.3) is 0 Å². The molecule has 1 aromatic rings. The number of allylic oxidation sites excluding steroid dienone is 1. The monoisotopic (exact) mass is 457 g/mol. The molecule has 174 valence electrons. The average Bonchev–Trinajstić information content (AvgIpc) is 3.31. The third-order valence-corrected chi connectivity index (χ3v) is 5.38. The molecule has 1 fully saturated rings. The summed E-state index contributed by atoms with van der Waals surface area (Å²) >= 11 is 0. The highest BCUT2D eigenvalue weighted by atomic mass is 19.2. The average molecular weight is 457 g/mol. The number of methoxy groups -OCH3 is 1. The molecule has 2 atom stereocenters. The van der Waals surface area contributed by atoms with Crippen molar-refractivity contribution in [3.8, 4) is 6.07 Å². The number of hydrogen-bond acceptors (Lipinski definition) is 6. The smallest absolute Gasteiger partial charge is 0.348 e. The molecule has 32 heavy (non-hydrogen) atoms. The number of rotatable bonds is 9. The molecule has 2 unspecified atom stereocenters. The van der Waals surface area contributed by atoms with Gasteiger partial charge in [-0.3, -0.25) is 4.79 Å². The summed E-state index contributed by atoms with van der Waals surface area (Å²) in [6.45, 7) is 3.54. The van der Waals surface area contributed by atoms with Crippen molar-refractivity contribution in [3.05, 3.63) is 46.0 Å². The molecule has 0 N–H and O–H groups in total. The molecule has 1 aliphatic rings. The Labute approximate surface area is 182 Å². The van der Waals surface area contributed by atoms with Gasteiger partial charge in [0.1, 0.15) is 18.2 Å². The molecule has 0 heterocycles. The molecule has 6 nitrogen and oxygen atoms in total. The Hall–Kier alpha value is -2.93. The van der Waals surface area contributed by atoms with Crippen LogP contribution in [0, 0.1) is 51.9 Å². The Balaban J connectivity index is 2.16. The van der Waals surface area contributed by atoms with Gasteiger partial charge in [-0.25, -0.2) is 22.4 Å². The molecule has 0 aromatic heterocycles. The minimum atomic E-state index is -1.68. The number of halogens is 4. The summed E-state index contributed by atoms with van der Waals surface area (Å²) in [4.78, 5) is 24.4. The number of carbonyl (C=O) groups is 2. The molecule has 1 aliphatic carbocycles. The van der Waals surface area contributed by atoms with Gasteiger partial charge in [0.25, 0.3) is 0 Å². The summed E-state index contributed by atoms with van der Waals surface area (Å²) in [5, 5.41) is 9.19. The van der Waals surface area contributed by atoms with Crippen LogP contribution >= 0.6 is 0 Å². The molecule has 1 aromatic carbocycles. The first kappa shape index (κ1) is 25.3. The Morgan fingerprint density at radius 3 is 2.03 bits per heavy atom. The lowest BCUT2D eigenvalue weighted by atomic mass is 10.1. The minimum absolute atomic E-state index is 0.130. The van der Waals surface area contributed by atoms with Gasteiger partial charge < -0.3 is 14.2 Å². The largest absolute Gasteiger partial charge is 0.462 e. The molecular formula is C22H23F4NO5. The highest BCUT2D eigenvalue weighted by Crippen LogP contribution is 2.60. The Bertz CT molecular complexity index is 955. The van der Waals surface area contributed by atoms with Crippen LogP contribution in [-0.2, 0) is 37.0 Å². The lowest BCUT2D eigenvalue weighted by molar-refractivity contribution is -0.147. The first-order valence-corrected chi connectivity index (χ1v) is 9.81. The van der Waals surface area contributed by atoms with Crippen LogP contribution in [0.15, 0.2) is 11.6 Å². The molecule has 0 aliphatic heterocycles. The van der Waals surface area contributed by atoms with Gasteiger partial charge in [-0.2, -0.15) is 5.26 Å². The lowest BCUT2D eigenvalue weighted by Gasteiger charge is -2.12. The summed E-state index contributed by atoms with van der Waals surface area (Å²) in [7, 11) is 1.11. The predicted octanol–water partition coefficient (Wildman–Crippen LogP) is 4.11. The van der Waals surface area contributed by atoms with E-state index in [1.165, 1.54) is 6.08 Å². The number of benzene rings is 1. The van der Waals surface area contributed by atoms with E-state index in [1.54, 1.807) is 26.8 Å². The van der Waals surface area contributed by atoms with E-state index in [1.807, 2.05) is 0 Å². The van der Waals surface area contributed by atoms with Crippen molar-refractivity contribution in [3.63, 3.8) is 0 Å². The minimum Gasteiger partial charge on any atom is -0.462 e. The van der Waals surface area contributed by atoms with E-state index in [9.17, 15) is 32.4 Å². The van der Waals surface area contributed by atoms with Gasteiger partial charge in [0.2, 0.25) is 0 Å². The van der Waals surface area contributed by atoms with Crippen LogP contribution in [0.5, 0.6) is 0 Å². The number of hydrogen-bond donors (Lipinski definition) is 0. The maximum Gasteiger partial charge on any atom is 0.348 e. The molecule has 0 spiro atoms. The zero-order valence-electron chi connectivity index (χ0n) is 18.1. The molecule has 10 heteroatoms. The van der Waals surface area contributed by atoms with Gasteiger partial charge in [0.15, 0.2) is 23.3 Å². The lowest BCUT2D eigenvalue weighted by Crippen LogP contribution is -2.15. The number of esters is 2. The van der Waals surface area contributed by atoms with E-state index in [0.717, 1.165) is 7.11 Å². The number of ether oxygens (including phenoxy) is 3. The second-order valence-electron chi connectivity index (χ2n) is 7.91. The second-order valence-corrected chi connectivity index (χ2v) is 7.91. The molecule has 2 rings (SSSR count). The van der Waals surface area contributed by atoms with Crippen molar-refractivity contribution in [1.29, 1.82) is 5.26 Å². The van der Waals surface area contributed by atoms with Crippen LogP contribution in [-0.4, -0.2) is 25.7 Å². The van der Waals surface area contributed by atoms with E-state index in [0.29, 0.717) is 6.42 Å². The van der Waals surface area contributed by atoms with Gasteiger partial charge in [-0.1, -0.05) is 26.8 Å². The fourth-order valence-corrected chi connectivity index (χ4v) is 3.40. The maximum atomic E-state index is 14.2. The molecule has 0 radical (unpaired) electrons. The van der Waals surface area contributed by atoms with E-state index < -0.39 is 76.8 Å². The maximum absolute atomic E-state index is 14.2. The molecule has 0 amide bonds. The Morgan fingerprint density at radius 2 is 1.56 bits per heavy atom. The van der Waals surface area contributed by atoms with E-state index in [2.05, 4.69) is 4.74 Å². The van der Waals surface area contributed by atoms with E-state index in [4.69, 9.17) is 9.47 Å². The van der Waals surface area contributed by atoms with Gasteiger partial charge in [-0.15, -0.1) is 0 Å². The number of nitriles is 1. The van der Waals surface area contributed by atoms with Crippen LogP contribution < -0.4 is 0 Å². The normalized spacial score (nSPS) is 19.3. The summed E-state index contributed by atoms with van der Waals surface area (Å²) < 4.78 is 70.8. The number of carbonyl (C=O) groups excluding carboxylic acids is 2. The molecule has 1 saturated carbocycles. The van der Waals surface area contributed by atoms with Crippen LogP contribution in [0.3, 0.4) is 0 Å². The fraction of sp³-hybridized carbons (Fsp3) is 0.500. The van der Waals surface area contributed by atoms with Gasteiger partial charge in [-0.05, 0) is 17.8 Å². The van der Waals surface area contributed by atoms with Crippen molar-refractivity contribution in [2.75, 3.05) is 13.7 Å². The third kappa shape index (κ3) is 4.93. The van der Waals surface area contributed by atoms with Crippen molar-refractivity contribution >= 4 is 11.9 Å². The predicted molar refractivity (Wildman–Crippen MR) is 102 cm³/mol. The summed E-state index contributed by atoms with van der Waals surface area (Å²) in [5.41, 5.74) is -2.98. The second kappa shape index (κ2) is 10.1. The summed E-state index contributed by atoms with van der Waals surface area (Å²) in [6.07, 6.45) is 1.86.